The Morgan fingerprint density at radius 2 is 1.74 bits per heavy atom. The lowest BCUT2D eigenvalue weighted by Gasteiger charge is -2.12. The predicted molar refractivity (Wildman–Crippen MR) is 92.3 cm³/mol. The van der Waals surface area contributed by atoms with Crippen LogP contribution in [0.2, 0.25) is 0 Å². The first-order valence-electron chi connectivity index (χ1n) is 7.79. The second-order valence-corrected chi connectivity index (χ2v) is 5.42. The van der Waals surface area contributed by atoms with Crippen molar-refractivity contribution in [3.8, 4) is 11.5 Å². The lowest BCUT2D eigenvalue weighted by molar-refractivity contribution is -0.118. The molecule has 0 aliphatic carbocycles. The predicted octanol–water partition coefficient (Wildman–Crippen LogP) is 4.23. The minimum atomic E-state index is -0.202. The quantitative estimate of drug-likeness (QED) is 0.832. The van der Waals surface area contributed by atoms with Crippen LogP contribution in [0, 0.1) is 0 Å². The zero-order chi connectivity index (χ0) is 16.7. The Hall–Kier alpha value is -2.49. The highest BCUT2D eigenvalue weighted by Gasteiger charge is 2.08. The van der Waals surface area contributed by atoms with Gasteiger partial charge in [-0.2, -0.15) is 0 Å². The monoisotopic (exact) mass is 313 g/mol. The van der Waals surface area contributed by atoms with E-state index in [9.17, 15) is 4.79 Å². The third-order valence-corrected chi connectivity index (χ3v) is 3.80. The van der Waals surface area contributed by atoms with E-state index in [2.05, 4.69) is 19.2 Å². The molecule has 4 nitrogen and oxygen atoms in total. The van der Waals surface area contributed by atoms with Gasteiger partial charge in [-0.05, 0) is 42.2 Å². The van der Waals surface area contributed by atoms with Gasteiger partial charge in [0.1, 0.15) is 0 Å². The molecule has 0 spiro atoms. The second kappa shape index (κ2) is 8.22. The van der Waals surface area contributed by atoms with E-state index in [-0.39, 0.29) is 12.5 Å². The first-order chi connectivity index (χ1) is 11.1. The Balaban J connectivity index is 1.89. The molecule has 1 amide bonds. The molecule has 23 heavy (non-hydrogen) atoms. The summed E-state index contributed by atoms with van der Waals surface area (Å²) in [5.41, 5.74) is 2.04. The summed E-state index contributed by atoms with van der Waals surface area (Å²) in [6.45, 7) is 4.29. The maximum absolute atomic E-state index is 12.0. The summed E-state index contributed by atoms with van der Waals surface area (Å²) in [4.78, 5) is 12.0. The molecule has 0 aliphatic heterocycles. The molecule has 0 aromatic heterocycles. The molecule has 4 heteroatoms. The molecule has 0 fully saturated rings. The smallest absolute Gasteiger partial charge is 0.262 e. The van der Waals surface area contributed by atoms with Gasteiger partial charge in [0.2, 0.25) is 0 Å². The zero-order valence-electron chi connectivity index (χ0n) is 13.8. The van der Waals surface area contributed by atoms with E-state index in [0.29, 0.717) is 17.4 Å². The van der Waals surface area contributed by atoms with Crippen LogP contribution in [0.3, 0.4) is 0 Å². The number of anilines is 1. The third-order valence-electron chi connectivity index (χ3n) is 3.80. The number of rotatable bonds is 7. The second-order valence-electron chi connectivity index (χ2n) is 5.42. The average Bonchev–Trinajstić information content (AvgIpc) is 2.60. The fraction of sp³-hybridized carbons (Fsp3) is 0.316. The van der Waals surface area contributed by atoms with Gasteiger partial charge in [0, 0.05) is 5.69 Å². The van der Waals surface area contributed by atoms with Crippen LogP contribution in [-0.4, -0.2) is 19.6 Å². The third kappa shape index (κ3) is 4.74. The van der Waals surface area contributed by atoms with Crippen LogP contribution >= 0.6 is 0 Å². The number of hydrogen-bond donors (Lipinski definition) is 1. The largest absolute Gasteiger partial charge is 0.493 e. The van der Waals surface area contributed by atoms with E-state index >= 15 is 0 Å². The average molecular weight is 313 g/mol. The number of benzene rings is 2. The molecule has 0 heterocycles. The maximum Gasteiger partial charge on any atom is 0.262 e. The number of ether oxygens (including phenoxy) is 2. The van der Waals surface area contributed by atoms with E-state index in [1.54, 1.807) is 19.2 Å². The number of amides is 1. The van der Waals surface area contributed by atoms with Gasteiger partial charge < -0.3 is 14.8 Å². The summed E-state index contributed by atoms with van der Waals surface area (Å²) in [6, 6.07) is 15.2. The lowest BCUT2D eigenvalue weighted by Crippen LogP contribution is -2.20. The Morgan fingerprint density at radius 3 is 2.35 bits per heavy atom. The Labute approximate surface area is 137 Å². The standard InChI is InChI=1S/C19H23NO3/c1-4-14(2)15-9-11-16(12-10-15)20-19(21)13-23-18-8-6-5-7-17(18)22-3/h5-12,14H,4,13H2,1-3H3,(H,20,21). The normalized spacial score (nSPS) is 11.6. The number of hydrogen-bond acceptors (Lipinski definition) is 3. The van der Waals surface area contributed by atoms with Crippen molar-refractivity contribution in [3.05, 3.63) is 54.1 Å². The molecule has 122 valence electrons. The van der Waals surface area contributed by atoms with Crippen molar-refractivity contribution in [2.45, 2.75) is 26.2 Å². The van der Waals surface area contributed by atoms with Crippen molar-refractivity contribution in [2.75, 3.05) is 19.0 Å². The van der Waals surface area contributed by atoms with Gasteiger partial charge in [0.05, 0.1) is 7.11 Å². The van der Waals surface area contributed by atoms with Crippen molar-refractivity contribution in [1.82, 2.24) is 0 Å². The molecule has 0 aliphatic rings. The lowest BCUT2D eigenvalue weighted by atomic mass is 9.99. The highest BCUT2D eigenvalue weighted by Crippen LogP contribution is 2.25. The molecule has 0 radical (unpaired) electrons. The van der Waals surface area contributed by atoms with Crippen LogP contribution < -0.4 is 14.8 Å². The molecule has 0 saturated carbocycles. The molecule has 1 unspecified atom stereocenters. The summed E-state index contributed by atoms with van der Waals surface area (Å²) in [5, 5.41) is 2.83. The van der Waals surface area contributed by atoms with Crippen molar-refractivity contribution in [1.29, 1.82) is 0 Å². The van der Waals surface area contributed by atoms with Gasteiger partial charge in [-0.3, -0.25) is 4.79 Å². The fourth-order valence-corrected chi connectivity index (χ4v) is 2.21. The number of nitrogens with one attached hydrogen (secondary N) is 1. The summed E-state index contributed by atoms with van der Waals surface area (Å²) >= 11 is 0. The number of carbonyl (C=O) groups excluding carboxylic acids is 1. The first kappa shape index (κ1) is 16.9. The summed E-state index contributed by atoms with van der Waals surface area (Å²) in [7, 11) is 1.57. The van der Waals surface area contributed by atoms with E-state index in [4.69, 9.17) is 9.47 Å². The van der Waals surface area contributed by atoms with Crippen LogP contribution in [0.25, 0.3) is 0 Å². The van der Waals surface area contributed by atoms with Gasteiger partial charge >= 0.3 is 0 Å². The van der Waals surface area contributed by atoms with E-state index in [1.807, 2.05) is 36.4 Å². The van der Waals surface area contributed by atoms with Gasteiger partial charge in [-0.1, -0.05) is 38.1 Å². The van der Waals surface area contributed by atoms with Crippen LogP contribution in [0.15, 0.2) is 48.5 Å². The highest BCUT2D eigenvalue weighted by molar-refractivity contribution is 5.91. The van der Waals surface area contributed by atoms with Crippen molar-refractivity contribution < 1.29 is 14.3 Å². The number of carbonyl (C=O) groups is 1. The molecule has 1 atom stereocenters. The highest BCUT2D eigenvalue weighted by atomic mass is 16.5. The van der Waals surface area contributed by atoms with Gasteiger partial charge in [0.15, 0.2) is 18.1 Å². The van der Waals surface area contributed by atoms with Crippen molar-refractivity contribution in [3.63, 3.8) is 0 Å². The molecule has 2 aromatic rings. The molecule has 0 bridgehead atoms. The Kier molecular flexibility index (Phi) is 6.03. The maximum atomic E-state index is 12.0. The topological polar surface area (TPSA) is 47.6 Å². The molecule has 1 N–H and O–H groups in total. The number of para-hydroxylation sites is 2. The van der Waals surface area contributed by atoms with Gasteiger partial charge in [-0.25, -0.2) is 0 Å². The fourth-order valence-electron chi connectivity index (χ4n) is 2.21. The SMILES string of the molecule is CCC(C)c1ccc(NC(=O)COc2ccccc2OC)cc1. The minimum absolute atomic E-state index is 0.0620. The molecule has 2 rings (SSSR count). The van der Waals surface area contributed by atoms with E-state index in [0.717, 1.165) is 12.1 Å². The zero-order valence-corrected chi connectivity index (χ0v) is 13.8. The van der Waals surface area contributed by atoms with Crippen LogP contribution in [0.4, 0.5) is 5.69 Å². The molecular weight excluding hydrogens is 290 g/mol. The van der Waals surface area contributed by atoms with E-state index < -0.39 is 0 Å². The number of methoxy groups -OCH3 is 1. The van der Waals surface area contributed by atoms with Crippen LogP contribution in [0.1, 0.15) is 31.7 Å². The molecule has 0 saturated heterocycles. The van der Waals surface area contributed by atoms with Crippen molar-refractivity contribution in [2.24, 2.45) is 0 Å². The summed E-state index contributed by atoms with van der Waals surface area (Å²) < 4.78 is 10.7. The van der Waals surface area contributed by atoms with Gasteiger partial charge in [0.25, 0.3) is 5.91 Å². The summed E-state index contributed by atoms with van der Waals surface area (Å²) in [5.74, 6) is 1.48. The van der Waals surface area contributed by atoms with Crippen LogP contribution in [0.5, 0.6) is 11.5 Å². The van der Waals surface area contributed by atoms with Crippen LogP contribution in [-0.2, 0) is 4.79 Å². The molecular formula is C19H23NO3. The Bertz CT molecular complexity index is 637. The van der Waals surface area contributed by atoms with Gasteiger partial charge in [-0.15, -0.1) is 0 Å². The minimum Gasteiger partial charge on any atom is -0.493 e. The molecule has 2 aromatic carbocycles. The first-order valence-corrected chi connectivity index (χ1v) is 7.79. The van der Waals surface area contributed by atoms with Crippen molar-refractivity contribution >= 4 is 11.6 Å². The Morgan fingerprint density at radius 1 is 1.09 bits per heavy atom. The van der Waals surface area contributed by atoms with E-state index in [1.165, 1.54) is 5.56 Å². The summed E-state index contributed by atoms with van der Waals surface area (Å²) in [6.07, 6.45) is 1.10.